The standard InChI is InChI=1S/C14H17F3N2O2/c1-4-21-13(20)10-7-9(10)8-5-6-11(14(15,16)17)18-12(8)19(2)3/h5-6,9-10H,4,7H2,1-3H3. The van der Waals surface area contributed by atoms with Crippen molar-refractivity contribution in [1.29, 1.82) is 0 Å². The fraction of sp³-hybridized carbons (Fsp3) is 0.571. The highest BCUT2D eigenvalue weighted by Gasteiger charge is 2.47. The molecule has 1 fully saturated rings. The Labute approximate surface area is 120 Å². The van der Waals surface area contributed by atoms with Crippen LogP contribution in [-0.4, -0.2) is 31.7 Å². The number of ether oxygens (including phenoxy) is 1. The molecule has 2 rings (SSSR count). The van der Waals surface area contributed by atoms with Crippen LogP contribution in [0.1, 0.15) is 30.5 Å². The third-order valence-electron chi connectivity index (χ3n) is 3.40. The Hall–Kier alpha value is -1.79. The predicted molar refractivity (Wildman–Crippen MR) is 71.0 cm³/mol. The van der Waals surface area contributed by atoms with Crippen LogP contribution in [0.15, 0.2) is 12.1 Å². The van der Waals surface area contributed by atoms with Gasteiger partial charge in [0.15, 0.2) is 0 Å². The van der Waals surface area contributed by atoms with Crippen LogP contribution in [0.3, 0.4) is 0 Å². The summed E-state index contributed by atoms with van der Waals surface area (Å²) in [6.45, 7) is 2.02. The van der Waals surface area contributed by atoms with Crippen LogP contribution in [0.25, 0.3) is 0 Å². The monoisotopic (exact) mass is 302 g/mol. The second kappa shape index (κ2) is 5.54. The summed E-state index contributed by atoms with van der Waals surface area (Å²) in [6, 6.07) is 2.37. The molecule has 1 aromatic heterocycles. The quantitative estimate of drug-likeness (QED) is 0.802. The first-order valence-corrected chi connectivity index (χ1v) is 6.67. The highest BCUT2D eigenvalue weighted by Crippen LogP contribution is 2.50. The summed E-state index contributed by atoms with van der Waals surface area (Å²) in [7, 11) is 3.27. The lowest BCUT2D eigenvalue weighted by Crippen LogP contribution is -2.17. The molecule has 1 heterocycles. The van der Waals surface area contributed by atoms with Crippen molar-refractivity contribution in [1.82, 2.24) is 4.98 Å². The second-order valence-electron chi connectivity index (χ2n) is 5.20. The van der Waals surface area contributed by atoms with E-state index in [1.165, 1.54) is 11.0 Å². The zero-order valence-electron chi connectivity index (χ0n) is 12.1. The summed E-state index contributed by atoms with van der Waals surface area (Å²) in [6.07, 6.45) is -3.89. The van der Waals surface area contributed by atoms with Gasteiger partial charge in [-0.15, -0.1) is 0 Å². The van der Waals surface area contributed by atoms with Crippen LogP contribution >= 0.6 is 0 Å². The number of halogens is 3. The summed E-state index contributed by atoms with van der Waals surface area (Å²) in [5.74, 6) is -0.438. The number of rotatable bonds is 4. The minimum Gasteiger partial charge on any atom is -0.466 e. The molecule has 0 amide bonds. The zero-order valence-corrected chi connectivity index (χ0v) is 12.1. The Balaban J connectivity index is 2.27. The molecule has 0 radical (unpaired) electrons. The van der Waals surface area contributed by atoms with Gasteiger partial charge in [0.2, 0.25) is 0 Å². The van der Waals surface area contributed by atoms with Crippen molar-refractivity contribution < 1.29 is 22.7 Å². The van der Waals surface area contributed by atoms with E-state index in [0.717, 1.165) is 6.07 Å². The van der Waals surface area contributed by atoms with Crippen LogP contribution < -0.4 is 4.90 Å². The van der Waals surface area contributed by atoms with Crippen molar-refractivity contribution in [2.75, 3.05) is 25.6 Å². The number of esters is 1. The Bertz CT molecular complexity index is 544. The number of aromatic nitrogens is 1. The molecule has 2 atom stereocenters. The molecule has 1 aromatic rings. The first-order valence-electron chi connectivity index (χ1n) is 6.67. The number of anilines is 1. The van der Waals surface area contributed by atoms with Crippen LogP contribution in [0.5, 0.6) is 0 Å². The maximum absolute atomic E-state index is 12.7. The van der Waals surface area contributed by atoms with Gasteiger partial charge < -0.3 is 9.64 Å². The van der Waals surface area contributed by atoms with Crippen molar-refractivity contribution in [3.8, 4) is 0 Å². The molecule has 1 saturated carbocycles. The van der Waals surface area contributed by atoms with E-state index in [1.807, 2.05) is 0 Å². The van der Waals surface area contributed by atoms with E-state index in [9.17, 15) is 18.0 Å². The molecular formula is C14H17F3N2O2. The van der Waals surface area contributed by atoms with Gasteiger partial charge in [-0.3, -0.25) is 4.79 Å². The number of pyridine rings is 1. The minimum atomic E-state index is -4.48. The second-order valence-corrected chi connectivity index (χ2v) is 5.20. The summed E-state index contributed by atoms with van der Waals surface area (Å²) in [5, 5.41) is 0. The molecular weight excluding hydrogens is 285 g/mol. The van der Waals surface area contributed by atoms with Crippen LogP contribution in [0.2, 0.25) is 0 Å². The number of carbonyl (C=O) groups excluding carboxylic acids is 1. The summed E-state index contributed by atoms with van der Waals surface area (Å²) < 4.78 is 43.1. The smallest absolute Gasteiger partial charge is 0.433 e. The molecule has 0 saturated heterocycles. The molecule has 7 heteroatoms. The van der Waals surface area contributed by atoms with E-state index >= 15 is 0 Å². The molecule has 2 unspecified atom stereocenters. The number of carbonyl (C=O) groups is 1. The van der Waals surface area contributed by atoms with Gasteiger partial charge in [-0.25, -0.2) is 4.98 Å². The zero-order chi connectivity index (χ0) is 15.8. The third kappa shape index (κ3) is 3.28. The number of hydrogen-bond donors (Lipinski definition) is 0. The number of nitrogens with zero attached hydrogens (tertiary/aromatic N) is 2. The average molecular weight is 302 g/mol. The van der Waals surface area contributed by atoms with Crippen molar-refractivity contribution in [2.24, 2.45) is 5.92 Å². The Kier molecular flexibility index (Phi) is 4.11. The first kappa shape index (κ1) is 15.6. The number of hydrogen-bond acceptors (Lipinski definition) is 4. The number of alkyl halides is 3. The van der Waals surface area contributed by atoms with Crippen molar-refractivity contribution >= 4 is 11.8 Å². The molecule has 0 bridgehead atoms. The van der Waals surface area contributed by atoms with E-state index < -0.39 is 11.9 Å². The summed E-state index contributed by atoms with van der Waals surface area (Å²) in [5.41, 5.74) is -0.269. The predicted octanol–water partition coefficient (Wildman–Crippen LogP) is 2.83. The van der Waals surface area contributed by atoms with Crippen LogP contribution in [-0.2, 0) is 15.7 Å². The van der Waals surface area contributed by atoms with Crippen LogP contribution in [0.4, 0.5) is 19.0 Å². The molecule has 4 nitrogen and oxygen atoms in total. The maximum atomic E-state index is 12.7. The third-order valence-corrected chi connectivity index (χ3v) is 3.40. The van der Waals surface area contributed by atoms with E-state index in [2.05, 4.69) is 4.98 Å². The lowest BCUT2D eigenvalue weighted by Gasteiger charge is -2.18. The van der Waals surface area contributed by atoms with Gasteiger partial charge in [0.05, 0.1) is 12.5 Å². The lowest BCUT2D eigenvalue weighted by atomic mass is 10.1. The summed E-state index contributed by atoms with van der Waals surface area (Å²) in [4.78, 5) is 16.9. The Morgan fingerprint density at radius 2 is 2.10 bits per heavy atom. The molecule has 21 heavy (non-hydrogen) atoms. The van der Waals surface area contributed by atoms with Crippen LogP contribution in [0, 0.1) is 5.92 Å². The van der Waals surface area contributed by atoms with Gasteiger partial charge in [-0.1, -0.05) is 6.07 Å². The molecule has 1 aliphatic rings. The van der Waals surface area contributed by atoms with Crippen molar-refractivity contribution in [3.05, 3.63) is 23.4 Å². The van der Waals surface area contributed by atoms with E-state index in [4.69, 9.17) is 4.74 Å². The van der Waals surface area contributed by atoms with E-state index in [-0.39, 0.29) is 23.6 Å². The Morgan fingerprint density at radius 1 is 1.43 bits per heavy atom. The normalized spacial score (nSPS) is 21.0. The van der Waals surface area contributed by atoms with Gasteiger partial charge in [-0.2, -0.15) is 13.2 Å². The van der Waals surface area contributed by atoms with Crippen molar-refractivity contribution in [3.63, 3.8) is 0 Å². The molecule has 1 aliphatic carbocycles. The average Bonchev–Trinajstić information content (AvgIpc) is 3.17. The topological polar surface area (TPSA) is 42.4 Å². The van der Waals surface area contributed by atoms with Gasteiger partial charge in [0, 0.05) is 20.0 Å². The minimum absolute atomic E-state index is 0.115. The van der Waals surface area contributed by atoms with Gasteiger partial charge in [-0.05, 0) is 25.0 Å². The highest BCUT2D eigenvalue weighted by molar-refractivity contribution is 5.78. The molecule has 0 aromatic carbocycles. The first-order chi connectivity index (χ1) is 9.75. The highest BCUT2D eigenvalue weighted by atomic mass is 19.4. The van der Waals surface area contributed by atoms with Gasteiger partial charge in [0.25, 0.3) is 0 Å². The summed E-state index contributed by atoms with van der Waals surface area (Å²) >= 11 is 0. The Morgan fingerprint density at radius 3 is 2.62 bits per heavy atom. The maximum Gasteiger partial charge on any atom is 0.433 e. The van der Waals surface area contributed by atoms with E-state index in [1.54, 1.807) is 21.0 Å². The molecule has 116 valence electrons. The molecule has 0 spiro atoms. The molecule has 0 N–H and O–H groups in total. The SMILES string of the molecule is CCOC(=O)C1CC1c1ccc(C(F)(F)F)nc1N(C)C. The van der Waals surface area contributed by atoms with Gasteiger partial charge in [0.1, 0.15) is 11.5 Å². The fourth-order valence-electron chi connectivity index (χ4n) is 2.31. The molecule has 0 aliphatic heterocycles. The lowest BCUT2D eigenvalue weighted by molar-refractivity contribution is -0.145. The van der Waals surface area contributed by atoms with E-state index in [0.29, 0.717) is 18.6 Å². The van der Waals surface area contributed by atoms with Crippen molar-refractivity contribution in [2.45, 2.75) is 25.4 Å². The fourth-order valence-corrected chi connectivity index (χ4v) is 2.31. The van der Waals surface area contributed by atoms with Gasteiger partial charge >= 0.3 is 12.1 Å². The largest absolute Gasteiger partial charge is 0.466 e.